The molecule has 3 rings (SSSR count). The minimum absolute atomic E-state index is 0. The number of carbonyl (C=O) groups excluding carboxylic acids is 1. The van der Waals surface area contributed by atoms with Gasteiger partial charge in [-0.25, -0.2) is 4.68 Å². The van der Waals surface area contributed by atoms with Gasteiger partial charge in [-0.3, -0.25) is 4.79 Å². The van der Waals surface area contributed by atoms with Gasteiger partial charge in [-0.1, -0.05) is 5.21 Å². The van der Waals surface area contributed by atoms with Gasteiger partial charge in [0.2, 0.25) is 0 Å². The molecule has 0 spiro atoms. The van der Waals surface area contributed by atoms with Crippen LogP contribution in [0.1, 0.15) is 16.5 Å². The number of rotatable bonds is 2. The topological polar surface area (TPSA) is 72.3 Å². The molecular formula is C10H16ClN5O2. The van der Waals surface area contributed by atoms with Crippen molar-refractivity contribution in [3.05, 3.63) is 11.9 Å². The zero-order chi connectivity index (χ0) is 11.7. The maximum Gasteiger partial charge on any atom is 0.276 e. The van der Waals surface area contributed by atoms with Gasteiger partial charge in [0.25, 0.3) is 5.91 Å². The van der Waals surface area contributed by atoms with Crippen molar-refractivity contribution in [3.8, 4) is 0 Å². The van der Waals surface area contributed by atoms with E-state index >= 15 is 0 Å². The maximum atomic E-state index is 12.1. The SMILES string of the molecule is Cl.O=C(c1cn(C2CNC2)nn1)N1CCOCC1. The molecule has 2 aliphatic rings. The average molecular weight is 274 g/mol. The Bertz CT molecular complexity index is 414. The first-order chi connectivity index (χ1) is 8.34. The molecule has 1 N–H and O–H groups in total. The molecule has 0 aromatic carbocycles. The molecule has 0 unspecified atom stereocenters. The molecule has 7 nitrogen and oxygen atoms in total. The van der Waals surface area contributed by atoms with E-state index in [9.17, 15) is 4.79 Å². The summed E-state index contributed by atoms with van der Waals surface area (Å²) in [5.74, 6) is -0.0492. The second kappa shape index (κ2) is 5.64. The monoisotopic (exact) mass is 273 g/mol. The van der Waals surface area contributed by atoms with Crippen molar-refractivity contribution in [2.24, 2.45) is 0 Å². The number of halogens is 1. The Morgan fingerprint density at radius 1 is 1.39 bits per heavy atom. The molecule has 0 aliphatic carbocycles. The Balaban J connectivity index is 0.00000120. The summed E-state index contributed by atoms with van der Waals surface area (Å²) in [7, 11) is 0. The lowest BCUT2D eigenvalue weighted by Crippen LogP contribution is -2.43. The van der Waals surface area contributed by atoms with E-state index in [4.69, 9.17) is 4.74 Å². The number of ether oxygens (including phenoxy) is 1. The van der Waals surface area contributed by atoms with Crippen molar-refractivity contribution in [1.82, 2.24) is 25.2 Å². The molecule has 100 valence electrons. The predicted octanol–water partition coefficient (Wildman–Crippen LogP) is -0.683. The van der Waals surface area contributed by atoms with Gasteiger partial charge in [-0.2, -0.15) is 0 Å². The molecule has 3 heterocycles. The lowest BCUT2D eigenvalue weighted by atomic mass is 10.2. The van der Waals surface area contributed by atoms with Gasteiger partial charge in [-0.05, 0) is 0 Å². The Morgan fingerprint density at radius 2 is 2.11 bits per heavy atom. The van der Waals surface area contributed by atoms with E-state index in [0.717, 1.165) is 13.1 Å². The summed E-state index contributed by atoms with van der Waals surface area (Å²) >= 11 is 0. The van der Waals surface area contributed by atoms with Crippen molar-refractivity contribution in [2.75, 3.05) is 39.4 Å². The number of hydrogen-bond donors (Lipinski definition) is 1. The molecule has 0 saturated carbocycles. The molecule has 1 amide bonds. The van der Waals surface area contributed by atoms with Gasteiger partial charge in [-0.15, -0.1) is 17.5 Å². The van der Waals surface area contributed by atoms with Gasteiger partial charge in [0.05, 0.1) is 25.5 Å². The maximum absolute atomic E-state index is 12.1. The average Bonchev–Trinajstić information content (AvgIpc) is 2.76. The second-order valence-corrected chi connectivity index (χ2v) is 4.30. The lowest BCUT2D eigenvalue weighted by molar-refractivity contribution is 0.0299. The number of hydrogen-bond acceptors (Lipinski definition) is 5. The molecule has 0 radical (unpaired) electrons. The summed E-state index contributed by atoms with van der Waals surface area (Å²) in [6, 6.07) is 0.341. The van der Waals surface area contributed by atoms with Crippen LogP contribution < -0.4 is 5.32 Å². The number of amides is 1. The third-order valence-corrected chi connectivity index (χ3v) is 3.16. The highest BCUT2D eigenvalue weighted by atomic mass is 35.5. The van der Waals surface area contributed by atoms with Gasteiger partial charge in [0, 0.05) is 26.2 Å². The zero-order valence-corrected chi connectivity index (χ0v) is 10.7. The van der Waals surface area contributed by atoms with Crippen LogP contribution in [0.5, 0.6) is 0 Å². The highest BCUT2D eigenvalue weighted by molar-refractivity contribution is 5.92. The number of aromatic nitrogens is 3. The van der Waals surface area contributed by atoms with E-state index in [1.165, 1.54) is 0 Å². The number of morpholine rings is 1. The highest BCUT2D eigenvalue weighted by Gasteiger charge is 2.24. The minimum atomic E-state index is -0.0492. The molecule has 2 aliphatic heterocycles. The predicted molar refractivity (Wildman–Crippen MR) is 65.9 cm³/mol. The lowest BCUT2D eigenvalue weighted by Gasteiger charge is -2.27. The molecule has 0 atom stereocenters. The fourth-order valence-electron chi connectivity index (χ4n) is 1.94. The summed E-state index contributed by atoms with van der Waals surface area (Å²) < 4.78 is 6.98. The van der Waals surface area contributed by atoms with E-state index in [2.05, 4.69) is 15.6 Å². The summed E-state index contributed by atoms with van der Waals surface area (Å²) in [4.78, 5) is 13.8. The first kappa shape index (κ1) is 13.3. The van der Waals surface area contributed by atoms with Crippen LogP contribution in [-0.4, -0.2) is 65.2 Å². The smallest absolute Gasteiger partial charge is 0.276 e. The highest BCUT2D eigenvalue weighted by Crippen LogP contribution is 2.11. The minimum Gasteiger partial charge on any atom is -0.378 e. The Morgan fingerprint density at radius 3 is 2.72 bits per heavy atom. The number of nitrogens with one attached hydrogen (secondary N) is 1. The van der Waals surface area contributed by atoms with Crippen LogP contribution in [0.15, 0.2) is 6.20 Å². The van der Waals surface area contributed by atoms with E-state index in [1.807, 2.05) is 0 Å². The quantitative estimate of drug-likeness (QED) is 0.773. The van der Waals surface area contributed by atoms with Crippen molar-refractivity contribution < 1.29 is 9.53 Å². The third-order valence-electron chi connectivity index (χ3n) is 3.16. The van der Waals surface area contributed by atoms with Crippen LogP contribution >= 0.6 is 12.4 Å². The third kappa shape index (κ3) is 2.47. The molecule has 18 heavy (non-hydrogen) atoms. The summed E-state index contributed by atoms with van der Waals surface area (Å²) in [5, 5.41) is 11.1. The molecule has 1 aromatic rings. The van der Waals surface area contributed by atoms with Gasteiger partial charge in [0.15, 0.2) is 5.69 Å². The number of nitrogens with zero attached hydrogens (tertiary/aromatic N) is 4. The molecule has 1 aromatic heterocycles. The van der Waals surface area contributed by atoms with E-state index in [1.54, 1.807) is 15.8 Å². The van der Waals surface area contributed by atoms with Crippen molar-refractivity contribution in [2.45, 2.75) is 6.04 Å². The van der Waals surface area contributed by atoms with Gasteiger partial charge < -0.3 is 15.0 Å². The van der Waals surface area contributed by atoms with Gasteiger partial charge in [0.1, 0.15) is 0 Å². The van der Waals surface area contributed by atoms with Crippen molar-refractivity contribution in [1.29, 1.82) is 0 Å². The number of carbonyl (C=O) groups is 1. The van der Waals surface area contributed by atoms with E-state index in [-0.39, 0.29) is 18.3 Å². The van der Waals surface area contributed by atoms with Crippen LogP contribution in [0.3, 0.4) is 0 Å². The van der Waals surface area contributed by atoms with Crippen molar-refractivity contribution >= 4 is 18.3 Å². The Labute approximate surface area is 111 Å². The van der Waals surface area contributed by atoms with Crippen LogP contribution in [0, 0.1) is 0 Å². The van der Waals surface area contributed by atoms with E-state index in [0.29, 0.717) is 38.0 Å². The normalized spacial score (nSPS) is 20.1. The largest absolute Gasteiger partial charge is 0.378 e. The van der Waals surface area contributed by atoms with Crippen LogP contribution in [-0.2, 0) is 4.74 Å². The Kier molecular flexibility index (Phi) is 4.15. The summed E-state index contributed by atoms with van der Waals surface area (Å²) in [5.41, 5.74) is 0.429. The first-order valence-corrected chi connectivity index (χ1v) is 5.84. The summed E-state index contributed by atoms with van der Waals surface area (Å²) in [6.07, 6.45) is 1.74. The van der Waals surface area contributed by atoms with Crippen LogP contribution in [0.2, 0.25) is 0 Å². The zero-order valence-electron chi connectivity index (χ0n) is 9.91. The van der Waals surface area contributed by atoms with E-state index < -0.39 is 0 Å². The summed E-state index contributed by atoms with van der Waals surface area (Å²) in [6.45, 7) is 4.27. The first-order valence-electron chi connectivity index (χ1n) is 5.84. The molecule has 2 fully saturated rings. The fraction of sp³-hybridized carbons (Fsp3) is 0.700. The van der Waals surface area contributed by atoms with Gasteiger partial charge >= 0.3 is 0 Å². The standard InChI is InChI=1S/C10H15N5O2.ClH/c16-10(14-1-3-17-4-2-14)9-7-15(13-12-9)8-5-11-6-8;/h7-8,11H,1-6H2;1H. The molecule has 0 bridgehead atoms. The van der Waals surface area contributed by atoms with Crippen LogP contribution in [0.4, 0.5) is 0 Å². The molecule has 2 saturated heterocycles. The second-order valence-electron chi connectivity index (χ2n) is 4.30. The molecule has 8 heteroatoms. The van der Waals surface area contributed by atoms with Crippen molar-refractivity contribution in [3.63, 3.8) is 0 Å². The fourth-order valence-corrected chi connectivity index (χ4v) is 1.94. The van der Waals surface area contributed by atoms with Crippen LogP contribution in [0.25, 0.3) is 0 Å². The molecular weight excluding hydrogens is 258 g/mol. The Hall–Kier alpha value is -1.18.